The quantitative estimate of drug-likeness (QED) is 0.0337. The molecule has 0 radical (unpaired) electrons. The van der Waals surface area contributed by atoms with Crippen LogP contribution in [0.3, 0.4) is 0 Å². The van der Waals surface area contributed by atoms with Crippen molar-refractivity contribution in [2.24, 2.45) is 0 Å². The van der Waals surface area contributed by atoms with Crippen LogP contribution >= 0.6 is 12.6 Å². The molecule has 0 aliphatic carbocycles. The van der Waals surface area contributed by atoms with Gasteiger partial charge in [-0.2, -0.15) is 17.6 Å². The lowest BCUT2D eigenvalue weighted by Gasteiger charge is -2.23. The number of nitrogen functional groups attached to an aromatic ring is 1. The summed E-state index contributed by atoms with van der Waals surface area (Å²) in [6, 6.07) is -3.44. The molecule has 0 saturated carbocycles. The fourth-order valence-electron chi connectivity index (χ4n) is 5.45. The second-order valence-electron chi connectivity index (χ2n) is 13.7. The average molecular weight is 947 g/mol. The van der Waals surface area contributed by atoms with Crippen molar-refractivity contribution in [2.75, 3.05) is 23.3 Å². The number of benzene rings is 1. The Balaban J connectivity index is 1.56. The van der Waals surface area contributed by atoms with E-state index in [0.29, 0.717) is 11.4 Å². The third kappa shape index (κ3) is 16.7. The number of carbonyl (C=O) groups is 11. The van der Waals surface area contributed by atoms with Crippen LogP contribution in [0.4, 0.5) is 11.6 Å². The van der Waals surface area contributed by atoms with Crippen LogP contribution in [0.25, 0.3) is 11.2 Å². The molecule has 66 heavy (non-hydrogen) atoms. The van der Waals surface area contributed by atoms with E-state index >= 15 is 0 Å². The Morgan fingerprint density at radius 2 is 1.20 bits per heavy atom. The summed E-state index contributed by atoms with van der Waals surface area (Å²) in [6.45, 7) is -0.961. The van der Waals surface area contributed by atoms with Gasteiger partial charge in [-0.1, -0.05) is 0 Å². The summed E-state index contributed by atoms with van der Waals surface area (Å²) in [5.74, 6) is -15.8. The van der Waals surface area contributed by atoms with Crippen molar-refractivity contribution < 1.29 is 78.3 Å². The van der Waals surface area contributed by atoms with Crippen molar-refractivity contribution in [3.05, 3.63) is 52.1 Å². The minimum absolute atomic E-state index is 0.0134. The number of thiol groups is 1. The van der Waals surface area contributed by atoms with Crippen LogP contribution in [0, 0.1) is 0 Å². The zero-order valence-electron chi connectivity index (χ0n) is 33.9. The number of carbonyl (C=O) groups excluding carboxylic acids is 6. The topological polar surface area (TPSA) is 471 Å². The first-order valence-corrected chi connectivity index (χ1v) is 19.5. The van der Waals surface area contributed by atoms with Crippen molar-refractivity contribution >= 4 is 101 Å². The number of amides is 6. The van der Waals surface area contributed by atoms with Gasteiger partial charge in [-0.25, -0.2) is 19.6 Å². The summed E-state index contributed by atoms with van der Waals surface area (Å²) in [5, 5.41) is 61.8. The van der Waals surface area contributed by atoms with E-state index in [1.54, 1.807) is 0 Å². The zero-order valence-corrected chi connectivity index (χ0v) is 34.8. The minimum Gasteiger partial charge on any atom is -0.481 e. The molecule has 0 aliphatic heterocycles. The van der Waals surface area contributed by atoms with Crippen molar-refractivity contribution in [3.8, 4) is 0 Å². The standard InChI is InChI=1S/C36H42N12O17S/c37-36-47-28-27(33(61)48-36)41-16(11-39-28)10-38-15-3-1-14(2-4-15)29(57)44-17(34(62)63)5-6-22(49)42-18(7-24(51)52)30(58)40-12-23(50)43-19(8-25(53)54)31(59)45-20(9-26(55)56)32(60)46-21(13-66)35(64)65/h1-4,11,17-21,38,66H,5-10,12-13H2,(H,40,58)(H,42,49)(H,43,50)(H,44,57)(H,45,59)(H,46,60)(H,51,52)(H,53,54)(H,55,56)(H,62,63)(H,64,65)(H3,37,39,47,48,61). The SMILES string of the molecule is Nc1nc2ncc(CNc3ccc(C(=O)NC(CCC(=O)NC(CC(=O)O)C(=O)NCC(=O)NC(CC(=O)O)C(=O)NC(CC(=O)O)C(=O)NC(CS)C(=O)O)C(=O)O)cc3)nc2c(=O)[nH]1. The fraction of sp³-hybridized carbons (Fsp3) is 0.361. The maximum atomic E-state index is 12.9. The van der Waals surface area contributed by atoms with Crippen LogP contribution in [0.15, 0.2) is 35.3 Å². The highest BCUT2D eigenvalue weighted by Crippen LogP contribution is 2.13. The van der Waals surface area contributed by atoms with Gasteiger partial charge in [0.1, 0.15) is 30.2 Å². The summed E-state index contributed by atoms with van der Waals surface area (Å²) in [7, 11) is 0. The molecule has 6 amide bonds. The zero-order chi connectivity index (χ0) is 49.2. The summed E-state index contributed by atoms with van der Waals surface area (Å²) in [4.78, 5) is 161. The van der Waals surface area contributed by atoms with Gasteiger partial charge in [-0.3, -0.25) is 52.9 Å². The average Bonchev–Trinajstić information content (AvgIpc) is 3.23. The molecule has 1 aromatic carbocycles. The molecule has 15 N–H and O–H groups in total. The number of H-pyrrole nitrogens is 1. The van der Waals surface area contributed by atoms with Gasteiger partial charge in [0.2, 0.25) is 35.5 Å². The van der Waals surface area contributed by atoms with E-state index in [4.69, 9.17) is 10.8 Å². The smallest absolute Gasteiger partial charge is 0.327 e. The molecular weight excluding hydrogens is 905 g/mol. The van der Waals surface area contributed by atoms with Crippen LogP contribution in [0.5, 0.6) is 0 Å². The van der Waals surface area contributed by atoms with E-state index in [1.807, 2.05) is 21.3 Å². The largest absolute Gasteiger partial charge is 0.481 e. The predicted molar refractivity (Wildman–Crippen MR) is 223 cm³/mol. The van der Waals surface area contributed by atoms with E-state index in [0.717, 1.165) is 0 Å². The Morgan fingerprint density at radius 1 is 0.667 bits per heavy atom. The molecule has 0 spiro atoms. The highest BCUT2D eigenvalue weighted by molar-refractivity contribution is 7.80. The van der Waals surface area contributed by atoms with Gasteiger partial charge in [0, 0.05) is 23.4 Å². The van der Waals surface area contributed by atoms with Gasteiger partial charge in [-0.05, 0) is 30.7 Å². The molecule has 5 unspecified atom stereocenters. The lowest BCUT2D eigenvalue weighted by molar-refractivity contribution is -0.144. The molecule has 30 heteroatoms. The van der Waals surface area contributed by atoms with E-state index in [2.05, 4.69) is 48.5 Å². The Kier molecular flexibility index (Phi) is 19.2. The second kappa shape index (κ2) is 24.4. The van der Waals surface area contributed by atoms with E-state index < -0.39 is 145 Å². The Bertz CT molecular complexity index is 2430. The minimum atomic E-state index is -2.01. The Morgan fingerprint density at radius 3 is 1.74 bits per heavy atom. The molecule has 3 rings (SSSR count). The number of nitrogens with zero attached hydrogens (tertiary/aromatic N) is 3. The van der Waals surface area contributed by atoms with Crippen molar-refractivity contribution in [2.45, 2.75) is 68.9 Å². The summed E-state index contributed by atoms with van der Waals surface area (Å²) in [5.41, 5.74) is 5.81. The fourth-order valence-corrected chi connectivity index (χ4v) is 5.69. The Labute approximate surface area is 374 Å². The molecule has 2 aromatic heterocycles. The van der Waals surface area contributed by atoms with Crippen LogP contribution in [0.1, 0.15) is 48.2 Å². The Hall–Kier alpha value is -8.44. The maximum absolute atomic E-state index is 12.9. The first-order chi connectivity index (χ1) is 31.1. The second-order valence-corrected chi connectivity index (χ2v) is 14.1. The van der Waals surface area contributed by atoms with Gasteiger partial charge >= 0.3 is 29.8 Å². The molecule has 5 atom stereocenters. The number of nitrogens with two attached hydrogens (primary N) is 1. The summed E-state index contributed by atoms with van der Waals surface area (Å²) >= 11 is 3.75. The lowest BCUT2D eigenvalue weighted by atomic mass is 10.1. The molecule has 354 valence electrons. The number of rotatable bonds is 26. The summed E-state index contributed by atoms with van der Waals surface area (Å²) < 4.78 is 0. The highest BCUT2D eigenvalue weighted by Gasteiger charge is 2.32. The highest BCUT2D eigenvalue weighted by atomic mass is 32.1. The molecular formula is C36H42N12O17S. The van der Waals surface area contributed by atoms with E-state index in [-0.39, 0.29) is 29.2 Å². The molecule has 2 heterocycles. The number of hydrogen-bond acceptors (Lipinski definition) is 18. The third-order valence-corrected chi connectivity index (χ3v) is 9.03. The molecule has 0 fully saturated rings. The van der Waals surface area contributed by atoms with E-state index in [9.17, 15) is 78.0 Å². The van der Waals surface area contributed by atoms with Crippen LogP contribution < -0.4 is 48.5 Å². The molecule has 0 aliphatic rings. The van der Waals surface area contributed by atoms with Gasteiger partial charge in [0.05, 0.1) is 44.2 Å². The van der Waals surface area contributed by atoms with Crippen molar-refractivity contribution in [1.29, 1.82) is 0 Å². The van der Waals surface area contributed by atoms with Crippen LogP contribution in [-0.4, -0.2) is 153 Å². The number of aliphatic carboxylic acids is 5. The molecule has 3 aromatic rings. The monoisotopic (exact) mass is 946 g/mol. The van der Waals surface area contributed by atoms with Crippen LogP contribution in [-0.2, 0) is 54.5 Å². The third-order valence-electron chi connectivity index (χ3n) is 8.66. The summed E-state index contributed by atoms with van der Waals surface area (Å²) in [6.07, 6.45) is -3.16. The molecule has 0 bridgehead atoms. The normalized spacial score (nSPS) is 13.0. The van der Waals surface area contributed by atoms with Gasteiger partial charge in [-0.15, -0.1) is 0 Å². The number of aromatic nitrogens is 4. The lowest BCUT2D eigenvalue weighted by Crippen LogP contribution is -2.57. The number of fused-ring (bicyclic) bond motifs is 1. The maximum Gasteiger partial charge on any atom is 0.327 e. The number of nitrogens with one attached hydrogen (secondary N) is 8. The van der Waals surface area contributed by atoms with Gasteiger partial charge in [0.15, 0.2) is 11.2 Å². The van der Waals surface area contributed by atoms with E-state index in [1.165, 1.54) is 30.5 Å². The number of hydrogen-bond donors (Lipinski definition) is 15. The van der Waals surface area contributed by atoms with Gasteiger partial charge < -0.3 is 68.5 Å². The number of carboxylic acids is 5. The van der Waals surface area contributed by atoms with Crippen LogP contribution in [0.2, 0.25) is 0 Å². The van der Waals surface area contributed by atoms with Crippen molar-refractivity contribution in [1.82, 2.24) is 51.8 Å². The molecule has 29 nitrogen and oxygen atoms in total. The predicted octanol–water partition coefficient (Wildman–Crippen LogP) is -4.64. The van der Waals surface area contributed by atoms with Crippen molar-refractivity contribution in [3.63, 3.8) is 0 Å². The number of anilines is 2. The molecule has 0 saturated heterocycles. The number of carboxylic acid groups (broad SMARTS) is 5. The number of aromatic amines is 1. The first kappa shape index (κ1) is 51.9. The van der Waals surface area contributed by atoms with Gasteiger partial charge in [0.25, 0.3) is 11.5 Å². The first-order valence-electron chi connectivity index (χ1n) is 18.9.